The molecule has 2 aromatic carbocycles. The maximum absolute atomic E-state index is 13.1. The first-order chi connectivity index (χ1) is 12.6. The summed E-state index contributed by atoms with van der Waals surface area (Å²) in [6.07, 6.45) is 0. The highest BCUT2D eigenvalue weighted by molar-refractivity contribution is 7.91. The third kappa shape index (κ3) is 5.25. The predicted octanol–water partition coefficient (Wildman–Crippen LogP) is 2.75. The fourth-order valence-corrected chi connectivity index (χ4v) is 4.08. The third-order valence-corrected chi connectivity index (χ3v) is 5.36. The van der Waals surface area contributed by atoms with Crippen molar-refractivity contribution in [3.63, 3.8) is 0 Å². The van der Waals surface area contributed by atoms with Gasteiger partial charge in [-0.3, -0.25) is 0 Å². The Morgan fingerprint density at radius 2 is 1.19 bits per heavy atom. The number of halogens is 2. The largest absolute Gasteiger partial charge is 0.481 e. The number of carboxylic acid groups (broad SMARTS) is 2. The summed E-state index contributed by atoms with van der Waals surface area (Å²) in [7, 11) is -4.35. The van der Waals surface area contributed by atoms with E-state index in [0.717, 1.165) is 12.1 Å². The van der Waals surface area contributed by atoms with Crippen molar-refractivity contribution in [1.29, 1.82) is 0 Å². The number of hydrogen-bond acceptors (Lipinski definition) is 6. The minimum Gasteiger partial charge on any atom is -0.481 e. The molecule has 0 spiro atoms. The molecule has 0 aromatic heterocycles. The van der Waals surface area contributed by atoms with Crippen LogP contribution in [0.3, 0.4) is 0 Å². The Morgan fingerprint density at radius 3 is 1.52 bits per heavy atom. The van der Waals surface area contributed by atoms with Crippen LogP contribution in [0, 0.1) is 0 Å². The average Bonchev–Trinajstić information content (AvgIpc) is 2.59. The lowest BCUT2D eigenvalue weighted by atomic mass is 10.3. The monoisotopic (exact) mass is 434 g/mol. The van der Waals surface area contributed by atoms with E-state index in [1.54, 1.807) is 0 Å². The molecule has 0 saturated heterocycles. The van der Waals surface area contributed by atoms with E-state index in [0.29, 0.717) is 0 Å². The zero-order valence-corrected chi connectivity index (χ0v) is 15.7. The van der Waals surface area contributed by atoms with E-state index in [2.05, 4.69) is 0 Å². The molecule has 2 rings (SSSR count). The van der Waals surface area contributed by atoms with Gasteiger partial charge in [0.2, 0.25) is 9.84 Å². The number of ether oxygens (including phenoxy) is 2. The second kappa shape index (κ2) is 8.47. The van der Waals surface area contributed by atoms with Gasteiger partial charge in [0.05, 0.1) is 0 Å². The van der Waals surface area contributed by atoms with Crippen LogP contribution in [0.4, 0.5) is 0 Å². The van der Waals surface area contributed by atoms with E-state index in [9.17, 15) is 18.0 Å². The number of hydrogen-bond donors (Lipinski definition) is 2. The van der Waals surface area contributed by atoms with Crippen molar-refractivity contribution in [2.75, 3.05) is 13.2 Å². The zero-order chi connectivity index (χ0) is 20.2. The quantitative estimate of drug-likeness (QED) is 0.648. The molecule has 0 atom stereocenters. The molecule has 2 aromatic rings. The predicted molar refractivity (Wildman–Crippen MR) is 94.6 cm³/mol. The van der Waals surface area contributed by atoms with Crippen LogP contribution in [-0.2, 0) is 19.4 Å². The fourth-order valence-electron chi connectivity index (χ4n) is 2.02. The van der Waals surface area contributed by atoms with Crippen molar-refractivity contribution in [3.05, 3.63) is 46.4 Å². The van der Waals surface area contributed by atoms with E-state index >= 15 is 0 Å². The normalized spacial score (nSPS) is 11.0. The Kier molecular flexibility index (Phi) is 6.53. The van der Waals surface area contributed by atoms with Gasteiger partial charge in [-0.25, -0.2) is 18.0 Å². The molecule has 0 saturated carbocycles. The lowest BCUT2D eigenvalue weighted by Gasteiger charge is -2.14. The fraction of sp³-hybridized carbons (Fsp3) is 0.125. The lowest BCUT2D eigenvalue weighted by molar-refractivity contribution is -0.140. The van der Waals surface area contributed by atoms with Crippen molar-refractivity contribution in [2.45, 2.75) is 9.79 Å². The molecule has 27 heavy (non-hydrogen) atoms. The van der Waals surface area contributed by atoms with Gasteiger partial charge in [0.15, 0.2) is 13.2 Å². The van der Waals surface area contributed by atoms with Crippen LogP contribution in [0.1, 0.15) is 0 Å². The zero-order valence-electron chi connectivity index (χ0n) is 13.4. The van der Waals surface area contributed by atoms with E-state index in [-0.39, 0.29) is 21.5 Å². The van der Waals surface area contributed by atoms with Crippen molar-refractivity contribution >= 4 is 45.0 Å². The molecule has 0 unspecified atom stereocenters. The number of carbonyl (C=O) groups is 2. The number of sulfone groups is 1. The van der Waals surface area contributed by atoms with Crippen molar-refractivity contribution in [3.8, 4) is 11.5 Å². The van der Waals surface area contributed by atoms with Gasteiger partial charge in [-0.05, 0) is 36.4 Å². The second-order valence-corrected chi connectivity index (χ2v) is 7.81. The van der Waals surface area contributed by atoms with Crippen molar-refractivity contribution in [2.24, 2.45) is 0 Å². The summed E-state index contributed by atoms with van der Waals surface area (Å²) in [5.74, 6) is -3.10. The highest BCUT2D eigenvalue weighted by Gasteiger charge is 2.27. The standard InChI is InChI=1S/C16H12Cl2O8S/c17-9-1-3-11(25-7-15(19)20)13(5-9)27(23,24)14-6-10(18)2-4-12(14)26-8-16(21)22/h1-6H,7-8H2,(H,19,20)(H,21,22). The molecule has 0 heterocycles. The van der Waals surface area contributed by atoms with Crippen molar-refractivity contribution < 1.29 is 37.7 Å². The minimum absolute atomic E-state index is 0.0614. The number of carboxylic acids is 2. The van der Waals surface area contributed by atoms with Crippen LogP contribution in [0.2, 0.25) is 10.0 Å². The lowest BCUT2D eigenvalue weighted by Crippen LogP contribution is -2.14. The molecule has 0 aliphatic heterocycles. The summed E-state index contributed by atoms with van der Waals surface area (Å²) < 4.78 is 36.2. The molecule has 0 aliphatic rings. The topological polar surface area (TPSA) is 127 Å². The maximum Gasteiger partial charge on any atom is 0.341 e. The summed E-state index contributed by atoms with van der Waals surface area (Å²) in [4.78, 5) is 20.6. The first kappa shape index (κ1) is 20.8. The van der Waals surface area contributed by atoms with E-state index < -0.39 is 44.8 Å². The van der Waals surface area contributed by atoms with Gasteiger partial charge < -0.3 is 19.7 Å². The Hall–Kier alpha value is -2.49. The average molecular weight is 435 g/mol. The Balaban J connectivity index is 2.59. The van der Waals surface area contributed by atoms with Gasteiger partial charge in [-0.1, -0.05) is 23.2 Å². The summed E-state index contributed by atoms with van der Waals surface area (Å²) in [6, 6.07) is 7.24. The Morgan fingerprint density at radius 1 is 0.815 bits per heavy atom. The molecule has 0 bridgehead atoms. The number of rotatable bonds is 8. The highest BCUT2D eigenvalue weighted by Crippen LogP contribution is 2.37. The maximum atomic E-state index is 13.1. The molecule has 11 heteroatoms. The van der Waals surface area contributed by atoms with E-state index in [1.165, 1.54) is 24.3 Å². The van der Waals surface area contributed by atoms with Gasteiger partial charge in [-0.2, -0.15) is 0 Å². The molecular weight excluding hydrogens is 423 g/mol. The van der Waals surface area contributed by atoms with Gasteiger partial charge in [-0.15, -0.1) is 0 Å². The third-order valence-electron chi connectivity index (χ3n) is 3.09. The molecule has 144 valence electrons. The van der Waals surface area contributed by atoms with E-state index in [4.69, 9.17) is 42.9 Å². The van der Waals surface area contributed by atoms with Crippen LogP contribution in [-0.4, -0.2) is 43.8 Å². The second-order valence-electron chi connectivity index (χ2n) is 5.05. The molecule has 0 amide bonds. The number of benzene rings is 2. The first-order valence-electron chi connectivity index (χ1n) is 7.14. The van der Waals surface area contributed by atoms with Gasteiger partial charge in [0, 0.05) is 10.0 Å². The molecule has 8 nitrogen and oxygen atoms in total. The van der Waals surface area contributed by atoms with Crippen LogP contribution in [0.15, 0.2) is 46.2 Å². The summed E-state index contributed by atoms with van der Waals surface area (Å²) in [6.45, 7) is -1.55. The summed E-state index contributed by atoms with van der Waals surface area (Å²) in [5.41, 5.74) is 0. The van der Waals surface area contributed by atoms with Crippen LogP contribution < -0.4 is 9.47 Å². The van der Waals surface area contributed by atoms with Crippen LogP contribution in [0.25, 0.3) is 0 Å². The van der Waals surface area contributed by atoms with Crippen LogP contribution in [0.5, 0.6) is 11.5 Å². The molecule has 0 radical (unpaired) electrons. The van der Waals surface area contributed by atoms with Crippen molar-refractivity contribution in [1.82, 2.24) is 0 Å². The smallest absolute Gasteiger partial charge is 0.341 e. The molecule has 2 N–H and O–H groups in total. The van der Waals surface area contributed by atoms with Gasteiger partial charge in [0.25, 0.3) is 0 Å². The Bertz CT molecular complexity index is 914. The summed E-state index contributed by atoms with van der Waals surface area (Å²) in [5, 5.41) is 17.6. The molecule has 0 fully saturated rings. The summed E-state index contributed by atoms with van der Waals surface area (Å²) >= 11 is 11.8. The molecular formula is C16H12Cl2O8S. The van der Waals surface area contributed by atoms with Crippen LogP contribution >= 0.6 is 23.2 Å². The van der Waals surface area contributed by atoms with E-state index in [1.807, 2.05) is 0 Å². The van der Waals surface area contributed by atoms with Gasteiger partial charge >= 0.3 is 11.9 Å². The first-order valence-corrected chi connectivity index (χ1v) is 9.38. The number of aliphatic carboxylic acids is 2. The highest BCUT2D eigenvalue weighted by atomic mass is 35.5. The minimum atomic E-state index is -4.35. The SMILES string of the molecule is O=C(O)COc1ccc(Cl)cc1S(=O)(=O)c1cc(Cl)ccc1OCC(=O)O. The van der Waals surface area contributed by atoms with Gasteiger partial charge in [0.1, 0.15) is 21.3 Å². The Labute approximate surface area is 163 Å². The molecule has 0 aliphatic carbocycles.